The number of hydrogen-bond acceptors (Lipinski definition) is 4. The molecule has 0 saturated carbocycles. The molecule has 0 heterocycles. The molecule has 4 N–H and O–H groups in total. The normalized spacial score (nSPS) is 10.2. The summed E-state index contributed by atoms with van der Waals surface area (Å²) in [5, 5.41) is 30.7. The van der Waals surface area contributed by atoms with E-state index in [4.69, 9.17) is 0 Å². The number of hydrogen-bond donors (Lipinski definition) is 4. The molecule has 0 atom stereocenters. The highest BCUT2D eigenvalue weighted by Crippen LogP contribution is 2.25. The molecule has 0 spiro atoms. The monoisotopic (exact) mass is 237 g/mol. The van der Waals surface area contributed by atoms with Gasteiger partial charge in [0.15, 0.2) is 0 Å². The molecule has 0 aliphatic heterocycles. The molecule has 0 fully saturated rings. The van der Waals surface area contributed by atoms with Gasteiger partial charge in [-0.05, 0) is 42.9 Å². The molecule has 0 aromatic heterocycles. The quantitative estimate of drug-likeness (QED) is 0.557. The summed E-state index contributed by atoms with van der Waals surface area (Å²) in [5.41, 5.74) is 2.62. The average molecular weight is 237 g/mol. The van der Waals surface area contributed by atoms with Gasteiger partial charge in [0.25, 0.3) is 0 Å². The van der Waals surface area contributed by atoms with E-state index in [2.05, 4.69) is 5.32 Å². The number of anilines is 1. The van der Waals surface area contributed by atoms with Gasteiger partial charge < -0.3 is 20.5 Å². The number of aromatic carboxylic acids is 1. The summed E-state index contributed by atoms with van der Waals surface area (Å²) in [4.78, 5) is 11.2. The molecule has 0 radical (unpaired) electrons. The largest absolute Gasteiger partial charge is 0.489 e. The van der Waals surface area contributed by atoms with Crippen LogP contribution in [0.15, 0.2) is 0 Å². The molecule has 17 heavy (non-hydrogen) atoms. The van der Waals surface area contributed by atoms with Crippen molar-refractivity contribution < 1.29 is 19.9 Å². The van der Waals surface area contributed by atoms with E-state index in [1.165, 1.54) is 0 Å². The maximum atomic E-state index is 11.2. The second kappa shape index (κ2) is 4.77. The summed E-state index contributed by atoms with van der Waals surface area (Å²) < 4.78 is 0. The molecule has 0 bridgehead atoms. The van der Waals surface area contributed by atoms with Crippen molar-refractivity contribution in [2.75, 3.05) is 12.4 Å². The van der Waals surface area contributed by atoms with E-state index >= 15 is 0 Å². The highest BCUT2D eigenvalue weighted by molar-refractivity contribution is 6.60. The Hall–Kier alpha value is -1.53. The number of rotatable bonds is 3. The molecule has 0 unspecified atom stereocenters. The van der Waals surface area contributed by atoms with Crippen LogP contribution in [0.2, 0.25) is 0 Å². The Balaban J connectivity index is 3.75. The van der Waals surface area contributed by atoms with Gasteiger partial charge >= 0.3 is 13.1 Å². The maximum absolute atomic E-state index is 11.2. The number of nitrogens with one attached hydrogen (secondary N) is 1. The van der Waals surface area contributed by atoms with Gasteiger partial charge in [0.05, 0.1) is 5.56 Å². The van der Waals surface area contributed by atoms with Crippen molar-refractivity contribution in [2.45, 2.75) is 20.8 Å². The van der Waals surface area contributed by atoms with E-state index in [9.17, 15) is 19.9 Å². The topological polar surface area (TPSA) is 89.8 Å². The van der Waals surface area contributed by atoms with Crippen LogP contribution in [-0.2, 0) is 0 Å². The first-order valence-corrected chi connectivity index (χ1v) is 5.23. The predicted molar refractivity (Wildman–Crippen MR) is 67.0 cm³/mol. The molecule has 0 saturated heterocycles. The Kier molecular flexibility index (Phi) is 3.80. The highest BCUT2D eigenvalue weighted by Gasteiger charge is 2.26. The smallest absolute Gasteiger partial charge is 0.478 e. The lowest BCUT2D eigenvalue weighted by Gasteiger charge is -2.19. The summed E-state index contributed by atoms with van der Waals surface area (Å²) in [6.07, 6.45) is 0. The first-order valence-electron chi connectivity index (χ1n) is 5.23. The number of benzene rings is 1. The molecular weight excluding hydrogens is 221 g/mol. The van der Waals surface area contributed by atoms with Crippen LogP contribution in [0.4, 0.5) is 5.69 Å². The van der Waals surface area contributed by atoms with Crippen LogP contribution in [0, 0.1) is 20.8 Å². The highest BCUT2D eigenvalue weighted by atomic mass is 16.4. The third kappa shape index (κ3) is 2.14. The number of carbonyl (C=O) groups is 1. The van der Waals surface area contributed by atoms with E-state index in [1.807, 2.05) is 0 Å². The van der Waals surface area contributed by atoms with Gasteiger partial charge in [-0.3, -0.25) is 0 Å². The van der Waals surface area contributed by atoms with Crippen molar-refractivity contribution in [2.24, 2.45) is 0 Å². The third-order valence-electron chi connectivity index (χ3n) is 3.03. The van der Waals surface area contributed by atoms with Crippen LogP contribution in [0.5, 0.6) is 0 Å². The van der Waals surface area contributed by atoms with Gasteiger partial charge in [-0.15, -0.1) is 0 Å². The lowest BCUT2D eigenvalue weighted by molar-refractivity contribution is 0.0695. The van der Waals surface area contributed by atoms with Crippen molar-refractivity contribution in [3.8, 4) is 0 Å². The fraction of sp³-hybridized carbons (Fsp3) is 0.364. The minimum absolute atomic E-state index is 0.114. The van der Waals surface area contributed by atoms with Gasteiger partial charge in [0.2, 0.25) is 0 Å². The molecule has 0 amide bonds. The predicted octanol–water partition coefficient (Wildman–Crippen LogP) is 0.0316. The number of carboxylic acids is 1. The Morgan fingerprint density at radius 2 is 1.65 bits per heavy atom. The fourth-order valence-corrected chi connectivity index (χ4v) is 2.32. The van der Waals surface area contributed by atoms with E-state index < -0.39 is 13.1 Å². The second-order valence-corrected chi connectivity index (χ2v) is 3.97. The molecule has 5 nitrogen and oxygen atoms in total. The van der Waals surface area contributed by atoms with Crippen LogP contribution in [0.1, 0.15) is 27.0 Å². The molecule has 6 heteroatoms. The summed E-state index contributed by atoms with van der Waals surface area (Å²) in [7, 11) is -0.00935. The molecule has 1 aromatic carbocycles. The van der Waals surface area contributed by atoms with Crippen LogP contribution in [-0.4, -0.2) is 35.3 Å². The number of carboxylic acid groups (broad SMARTS) is 1. The van der Waals surface area contributed by atoms with Crippen LogP contribution >= 0.6 is 0 Å². The molecule has 92 valence electrons. The molecular formula is C11H16BNO4. The Morgan fingerprint density at radius 3 is 2.00 bits per heavy atom. The van der Waals surface area contributed by atoms with Crippen LogP contribution in [0.3, 0.4) is 0 Å². The van der Waals surface area contributed by atoms with Crippen molar-refractivity contribution in [1.29, 1.82) is 0 Å². The molecule has 1 rings (SSSR count). The minimum Gasteiger partial charge on any atom is -0.478 e. The van der Waals surface area contributed by atoms with Gasteiger partial charge in [0.1, 0.15) is 0 Å². The second-order valence-electron chi connectivity index (χ2n) is 3.97. The zero-order valence-corrected chi connectivity index (χ0v) is 10.3. The maximum Gasteiger partial charge on any atom is 0.489 e. The Bertz CT molecular complexity index is 471. The van der Waals surface area contributed by atoms with Crippen molar-refractivity contribution in [1.82, 2.24) is 0 Å². The lowest BCUT2D eigenvalue weighted by atomic mass is 9.71. The fourth-order valence-electron chi connectivity index (χ4n) is 2.32. The molecule has 0 aliphatic carbocycles. The van der Waals surface area contributed by atoms with Gasteiger partial charge in [-0.2, -0.15) is 0 Å². The first kappa shape index (κ1) is 13.5. The van der Waals surface area contributed by atoms with E-state index in [0.717, 1.165) is 0 Å². The average Bonchev–Trinajstić information content (AvgIpc) is 2.16. The Labute approximate surface area is 100 Å². The van der Waals surface area contributed by atoms with Gasteiger partial charge in [-0.25, -0.2) is 4.79 Å². The standard InChI is InChI=1S/C11H16BNO4/c1-5-8(11(14)15)6(2)10(13-4)7(3)9(5)12(16)17/h13,16-17H,1-4H3,(H,14,15). The van der Waals surface area contributed by atoms with Crippen molar-refractivity contribution in [3.05, 3.63) is 22.3 Å². The summed E-state index contributed by atoms with van der Waals surface area (Å²) >= 11 is 0. The minimum atomic E-state index is -1.68. The third-order valence-corrected chi connectivity index (χ3v) is 3.03. The van der Waals surface area contributed by atoms with Crippen LogP contribution in [0.25, 0.3) is 0 Å². The zero-order chi connectivity index (χ0) is 13.3. The zero-order valence-electron chi connectivity index (χ0n) is 10.3. The van der Waals surface area contributed by atoms with E-state index in [0.29, 0.717) is 22.4 Å². The van der Waals surface area contributed by atoms with Crippen molar-refractivity contribution in [3.63, 3.8) is 0 Å². The van der Waals surface area contributed by atoms with Gasteiger partial charge in [-0.1, -0.05) is 0 Å². The summed E-state index contributed by atoms with van der Waals surface area (Å²) in [6, 6.07) is 0. The molecule has 0 aliphatic rings. The van der Waals surface area contributed by atoms with Crippen molar-refractivity contribution >= 4 is 24.2 Å². The first-order chi connectivity index (χ1) is 7.82. The lowest BCUT2D eigenvalue weighted by Crippen LogP contribution is -2.36. The SMILES string of the molecule is CNc1c(C)c(B(O)O)c(C)c(C(=O)O)c1C. The van der Waals surface area contributed by atoms with Gasteiger partial charge in [0, 0.05) is 12.7 Å². The summed E-state index contributed by atoms with van der Waals surface area (Å²) in [6.45, 7) is 5.01. The Morgan fingerprint density at radius 1 is 1.12 bits per heavy atom. The van der Waals surface area contributed by atoms with Crippen LogP contribution < -0.4 is 10.8 Å². The molecule has 1 aromatic rings. The van der Waals surface area contributed by atoms with E-state index in [1.54, 1.807) is 27.8 Å². The van der Waals surface area contributed by atoms with E-state index in [-0.39, 0.29) is 11.0 Å². The summed E-state index contributed by atoms with van der Waals surface area (Å²) in [5.74, 6) is -1.07.